The van der Waals surface area contributed by atoms with Gasteiger partial charge in [-0.2, -0.15) is 5.10 Å². The summed E-state index contributed by atoms with van der Waals surface area (Å²) in [5.41, 5.74) is 3.08. The smallest absolute Gasteiger partial charge is 0.181 e. The van der Waals surface area contributed by atoms with E-state index in [1.165, 1.54) is 6.07 Å². The minimum absolute atomic E-state index is 0.357. The monoisotopic (exact) mass is 421 g/mol. The highest BCUT2D eigenvalue weighted by molar-refractivity contribution is 5.96. The summed E-state index contributed by atoms with van der Waals surface area (Å²) >= 11 is 0. The predicted octanol–water partition coefficient (Wildman–Crippen LogP) is 4.09. The van der Waals surface area contributed by atoms with Gasteiger partial charge in [0.2, 0.25) is 0 Å². The van der Waals surface area contributed by atoms with E-state index in [0.717, 1.165) is 43.2 Å². The highest BCUT2D eigenvalue weighted by Gasteiger charge is 2.25. The van der Waals surface area contributed by atoms with E-state index in [0.29, 0.717) is 33.8 Å². The number of hydrogen-bond acceptors (Lipinski definition) is 6. The molecule has 0 atom stereocenters. The maximum Gasteiger partial charge on any atom is 0.181 e. The molecule has 4 aromatic rings. The molecule has 8 heteroatoms. The van der Waals surface area contributed by atoms with Gasteiger partial charge < -0.3 is 19.0 Å². The number of pyridine rings is 1. The third-order valence-corrected chi connectivity index (χ3v) is 5.82. The average molecular weight is 421 g/mol. The quantitative estimate of drug-likeness (QED) is 0.535. The van der Waals surface area contributed by atoms with Crippen LogP contribution in [0.1, 0.15) is 5.76 Å². The van der Waals surface area contributed by atoms with Crippen LogP contribution in [-0.4, -0.2) is 60.4 Å². The largest absolute Gasteiger partial charge is 0.494 e. The average Bonchev–Trinajstić information content (AvgIpc) is 3.40. The zero-order chi connectivity index (χ0) is 21.5. The van der Waals surface area contributed by atoms with Crippen molar-refractivity contribution >= 4 is 16.7 Å². The summed E-state index contributed by atoms with van der Waals surface area (Å²) in [6.07, 6.45) is 1.71. The molecule has 0 amide bonds. The number of anilines is 1. The molecule has 0 spiro atoms. The van der Waals surface area contributed by atoms with Gasteiger partial charge in [0.25, 0.3) is 0 Å². The van der Waals surface area contributed by atoms with Crippen LogP contribution in [0.4, 0.5) is 10.1 Å². The zero-order valence-electron chi connectivity index (χ0n) is 17.8. The molecule has 1 saturated heterocycles. The summed E-state index contributed by atoms with van der Waals surface area (Å²) in [4.78, 5) is 8.95. The number of H-pyrrole nitrogens is 1. The topological polar surface area (TPSA) is 70.4 Å². The minimum atomic E-state index is -0.375. The van der Waals surface area contributed by atoms with Gasteiger partial charge in [-0.05, 0) is 44.3 Å². The first kappa shape index (κ1) is 19.6. The molecular formula is C23H24FN5O2. The van der Waals surface area contributed by atoms with Crippen molar-refractivity contribution in [1.29, 1.82) is 0 Å². The fourth-order valence-corrected chi connectivity index (χ4v) is 4.10. The Labute approximate surface area is 179 Å². The first-order chi connectivity index (χ1) is 15.0. The van der Waals surface area contributed by atoms with E-state index in [-0.39, 0.29) is 5.82 Å². The SMILES string of the molecule is COc1c(N2CCN(C)CC2)ccc(F)c1-c1[nH]nc2ncc(-c3ccc(C)o3)cc12. The number of halogens is 1. The summed E-state index contributed by atoms with van der Waals surface area (Å²) in [6, 6.07) is 8.99. The van der Waals surface area contributed by atoms with E-state index < -0.39 is 0 Å². The number of aromatic amines is 1. The van der Waals surface area contributed by atoms with Crippen LogP contribution in [0.5, 0.6) is 5.75 Å². The summed E-state index contributed by atoms with van der Waals surface area (Å²) in [5, 5.41) is 7.98. The van der Waals surface area contributed by atoms with Crippen LogP contribution < -0.4 is 9.64 Å². The van der Waals surface area contributed by atoms with Crippen LogP contribution in [-0.2, 0) is 0 Å². The van der Waals surface area contributed by atoms with Crippen LogP contribution in [0.15, 0.2) is 40.9 Å². The molecule has 1 aliphatic rings. The first-order valence-corrected chi connectivity index (χ1v) is 10.3. The number of nitrogens with one attached hydrogen (secondary N) is 1. The number of aryl methyl sites for hydroxylation is 1. The van der Waals surface area contributed by atoms with Crippen molar-refractivity contribution in [3.8, 4) is 28.3 Å². The zero-order valence-corrected chi connectivity index (χ0v) is 17.8. The Morgan fingerprint density at radius 3 is 2.65 bits per heavy atom. The van der Waals surface area contributed by atoms with Crippen molar-refractivity contribution in [2.45, 2.75) is 6.92 Å². The van der Waals surface area contributed by atoms with Gasteiger partial charge >= 0.3 is 0 Å². The molecule has 0 saturated carbocycles. The second-order valence-corrected chi connectivity index (χ2v) is 7.87. The molecule has 5 rings (SSSR count). The lowest BCUT2D eigenvalue weighted by Crippen LogP contribution is -2.44. The van der Waals surface area contributed by atoms with Crippen molar-refractivity contribution in [1.82, 2.24) is 20.1 Å². The molecule has 7 nitrogen and oxygen atoms in total. The number of likely N-dealkylation sites (N-methyl/N-ethyl adjacent to an activating group) is 1. The fraction of sp³-hybridized carbons (Fsp3) is 0.304. The summed E-state index contributed by atoms with van der Waals surface area (Å²) in [5.74, 6) is 1.64. The number of nitrogens with zero attached hydrogens (tertiary/aromatic N) is 4. The molecule has 0 unspecified atom stereocenters. The second kappa shape index (κ2) is 7.70. The van der Waals surface area contributed by atoms with Crippen molar-refractivity contribution in [3.05, 3.63) is 48.1 Å². The van der Waals surface area contributed by atoms with E-state index in [1.54, 1.807) is 19.4 Å². The van der Waals surface area contributed by atoms with Gasteiger partial charge in [0.05, 0.1) is 24.1 Å². The molecule has 1 aliphatic heterocycles. The summed E-state index contributed by atoms with van der Waals surface area (Å²) in [7, 11) is 3.68. The Balaban J connectivity index is 1.65. The standard InChI is InChI=1S/C23H24FN5O2/c1-14-4-7-19(31-14)15-12-16-21(26-27-23(16)25-13-15)20-17(24)5-6-18(22(20)30-3)29-10-8-28(2)9-11-29/h4-7,12-13H,8-11H2,1-3H3,(H,25,26,27). The molecule has 1 N–H and O–H groups in total. The molecule has 1 fully saturated rings. The third-order valence-electron chi connectivity index (χ3n) is 5.82. The summed E-state index contributed by atoms with van der Waals surface area (Å²) in [6.45, 7) is 5.48. The van der Waals surface area contributed by atoms with Crippen molar-refractivity contribution in [2.24, 2.45) is 0 Å². The van der Waals surface area contributed by atoms with E-state index in [2.05, 4.69) is 32.0 Å². The van der Waals surface area contributed by atoms with Crippen molar-refractivity contribution in [2.75, 3.05) is 45.2 Å². The molecule has 0 bridgehead atoms. The maximum absolute atomic E-state index is 15.2. The number of furan rings is 1. The molecule has 3 aromatic heterocycles. The molecule has 160 valence electrons. The minimum Gasteiger partial charge on any atom is -0.494 e. The van der Waals surface area contributed by atoms with Gasteiger partial charge in [-0.3, -0.25) is 5.10 Å². The number of ether oxygens (including phenoxy) is 1. The van der Waals surface area contributed by atoms with E-state index in [4.69, 9.17) is 9.15 Å². The molecular weight excluding hydrogens is 397 g/mol. The lowest BCUT2D eigenvalue weighted by molar-refractivity contribution is 0.311. The highest BCUT2D eigenvalue weighted by Crippen LogP contribution is 2.42. The lowest BCUT2D eigenvalue weighted by Gasteiger charge is -2.35. The number of rotatable bonds is 4. The van der Waals surface area contributed by atoms with Crippen molar-refractivity contribution in [3.63, 3.8) is 0 Å². The lowest BCUT2D eigenvalue weighted by atomic mass is 10.0. The summed E-state index contributed by atoms with van der Waals surface area (Å²) < 4.78 is 26.7. The molecule has 1 aromatic carbocycles. The number of hydrogen-bond donors (Lipinski definition) is 1. The Hall–Kier alpha value is -3.39. The van der Waals surface area contributed by atoms with Gasteiger partial charge in [-0.15, -0.1) is 0 Å². The van der Waals surface area contributed by atoms with Gasteiger partial charge in [0.1, 0.15) is 17.3 Å². The van der Waals surface area contributed by atoms with Gasteiger partial charge in [0, 0.05) is 43.3 Å². The van der Waals surface area contributed by atoms with Crippen LogP contribution in [0.25, 0.3) is 33.6 Å². The third kappa shape index (κ3) is 3.42. The number of fused-ring (bicyclic) bond motifs is 1. The van der Waals surface area contributed by atoms with E-state index in [9.17, 15) is 0 Å². The Bertz CT molecular complexity index is 1240. The Kier molecular flexibility index (Phi) is 4.86. The van der Waals surface area contributed by atoms with Crippen LogP contribution in [0, 0.1) is 12.7 Å². The van der Waals surface area contributed by atoms with Crippen LogP contribution in [0.3, 0.4) is 0 Å². The van der Waals surface area contributed by atoms with Crippen LogP contribution in [0.2, 0.25) is 0 Å². The molecule has 0 radical (unpaired) electrons. The highest BCUT2D eigenvalue weighted by atomic mass is 19.1. The number of piperazine rings is 1. The molecule has 4 heterocycles. The van der Waals surface area contributed by atoms with Crippen LogP contribution >= 0.6 is 0 Å². The Morgan fingerprint density at radius 1 is 1.13 bits per heavy atom. The Morgan fingerprint density at radius 2 is 1.94 bits per heavy atom. The molecule has 31 heavy (non-hydrogen) atoms. The number of aromatic nitrogens is 3. The maximum atomic E-state index is 15.2. The van der Waals surface area contributed by atoms with Gasteiger partial charge in [-0.1, -0.05) is 0 Å². The van der Waals surface area contributed by atoms with E-state index in [1.807, 2.05) is 25.1 Å². The predicted molar refractivity (Wildman–Crippen MR) is 118 cm³/mol. The number of benzene rings is 1. The number of methoxy groups -OCH3 is 1. The fourth-order valence-electron chi connectivity index (χ4n) is 4.10. The normalized spacial score (nSPS) is 15.0. The van der Waals surface area contributed by atoms with Gasteiger partial charge in [-0.25, -0.2) is 9.37 Å². The second-order valence-electron chi connectivity index (χ2n) is 7.87. The van der Waals surface area contributed by atoms with E-state index >= 15 is 4.39 Å². The van der Waals surface area contributed by atoms with Gasteiger partial charge in [0.15, 0.2) is 11.4 Å². The van der Waals surface area contributed by atoms with Crippen molar-refractivity contribution < 1.29 is 13.5 Å². The molecule has 0 aliphatic carbocycles. The first-order valence-electron chi connectivity index (χ1n) is 10.3.